The highest BCUT2D eigenvalue weighted by Crippen LogP contribution is 2.29. The lowest BCUT2D eigenvalue weighted by atomic mass is 9.98. The zero-order chi connectivity index (χ0) is 22.2. The lowest BCUT2D eigenvalue weighted by Gasteiger charge is -2.43. The number of hydrogen-bond acceptors (Lipinski definition) is 5. The number of ether oxygens (including phenoxy) is 4. The number of benzene rings is 3. The van der Waals surface area contributed by atoms with E-state index in [0.29, 0.717) is 19.8 Å². The van der Waals surface area contributed by atoms with Gasteiger partial charge in [-0.2, -0.15) is 0 Å². The van der Waals surface area contributed by atoms with E-state index in [9.17, 15) is 5.11 Å². The van der Waals surface area contributed by atoms with Crippen LogP contribution in [0.2, 0.25) is 0 Å². The summed E-state index contributed by atoms with van der Waals surface area (Å²) in [4.78, 5) is 0. The molecular weight excluding hydrogens is 404 g/mol. The summed E-state index contributed by atoms with van der Waals surface area (Å²) < 4.78 is 24.5. The second kappa shape index (κ2) is 11.4. The number of rotatable bonds is 9. The molecule has 0 spiro atoms. The fourth-order valence-corrected chi connectivity index (χ4v) is 3.89. The molecule has 0 amide bonds. The predicted molar refractivity (Wildman–Crippen MR) is 122 cm³/mol. The van der Waals surface area contributed by atoms with E-state index in [0.717, 1.165) is 16.7 Å². The summed E-state index contributed by atoms with van der Waals surface area (Å²) in [6.45, 7) is 3.05. The van der Waals surface area contributed by atoms with E-state index in [4.69, 9.17) is 18.9 Å². The first-order valence-corrected chi connectivity index (χ1v) is 11.0. The monoisotopic (exact) mass is 434 g/mol. The third-order valence-electron chi connectivity index (χ3n) is 5.60. The standard InChI is InChI=1S/C27H30O5/c1-20-24(29-17-21-11-5-2-6-12-21)25(30-18-22-13-7-3-8-14-22)26(27(28)32-20)31-19-23-15-9-4-10-16-23/h2-16,20,24-28H,17-19H2,1H3/t20-,24?,25?,26?,27+/m0/s1. The van der Waals surface area contributed by atoms with Gasteiger partial charge in [-0.25, -0.2) is 0 Å². The summed E-state index contributed by atoms with van der Waals surface area (Å²) >= 11 is 0. The van der Waals surface area contributed by atoms with Crippen molar-refractivity contribution in [2.24, 2.45) is 0 Å². The van der Waals surface area contributed by atoms with Gasteiger partial charge in [-0.1, -0.05) is 91.0 Å². The Morgan fingerprint density at radius 3 is 1.41 bits per heavy atom. The van der Waals surface area contributed by atoms with Gasteiger partial charge < -0.3 is 24.1 Å². The Labute approximate surface area is 189 Å². The molecule has 3 aromatic carbocycles. The van der Waals surface area contributed by atoms with E-state index in [1.54, 1.807) is 0 Å². The van der Waals surface area contributed by atoms with Crippen molar-refractivity contribution in [1.29, 1.82) is 0 Å². The van der Waals surface area contributed by atoms with Crippen LogP contribution in [0.25, 0.3) is 0 Å². The molecule has 1 saturated heterocycles. The molecule has 1 aliphatic heterocycles. The summed E-state index contributed by atoms with van der Waals surface area (Å²) in [5.41, 5.74) is 3.13. The maximum atomic E-state index is 10.7. The zero-order valence-corrected chi connectivity index (χ0v) is 18.2. The van der Waals surface area contributed by atoms with Crippen LogP contribution in [0.15, 0.2) is 91.0 Å². The van der Waals surface area contributed by atoms with Crippen molar-refractivity contribution >= 4 is 0 Å². The molecule has 0 aromatic heterocycles. The topological polar surface area (TPSA) is 57.2 Å². The SMILES string of the molecule is C[C@@H]1O[C@@H](O)C(OCc2ccccc2)C(OCc2ccccc2)C1OCc1ccccc1. The Hall–Kier alpha value is -2.54. The minimum Gasteiger partial charge on any atom is -0.368 e. The van der Waals surface area contributed by atoms with Gasteiger partial charge in [0.25, 0.3) is 0 Å². The maximum Gasteiger partial charge on any atom is 0.184 e. The first-order valence-electron chi connectivity index (χ1n) is 11.0. The molecule has 0 radical (unpaired) electrons. The van der Waals surface area contributed by atoms with Crippen molar-refractivity contribution in [1.82, 2.24) is 0 Å². The molecule has 4 rings (SSSR count). The van der Waals surface area contributed by atoms with Crippen molar-refractivity contribution in [2.45, 2.75) is 57.5 Å². The third kappa shape index (κ3) is 6.03. The molecule has 168 valence electrons. The number of aliphatic hydroxyl groups excluding tert-OH is 1. The Morgan fingerprint density at radius 2 is 0.969 bits per heavy atom. The van der Waals surface area contributed by atoms with E-state index < -0.39 is 24.6 Å². The molecule has 0 bridgehead atoms. The minimum absolute atomic E-state index is 0.344. The van der Waals surface area contributed by atoms with Gasteiger partial charge in [0.1, 0.15) is 18.3 Å². The quantitative estimate of drug-likeness (QED) is 0.538. The third-order valence-corrected chi connectivity index (χ3v) is 5.60. The molecule has 3 aromatic rings. The van der Waals surface area contributed by atoms with Crippen LogP contribution in [0.4, 0.5) is 0 Å². The highest BCUT2D eigenvalue weighted by molar-refractivity contribution is 5.15. The number of hydrogen-bond donors (Lipinski definition) is 1. The van der Waals surface area contributed by atoms with Crippen LogP contribution in [0, 0.1) is 0 Å². The molecule has 3 unspecified atom stereocenters. The van der Waals surface area contributed by atoms with E-state index in [1.807, 2.05) is 97.9 Å². The van der Waals surface area contributed by atoms with Crippen LogP contribution in [0.5, 0.6) is 0 Å². The first kappa shape index (κ1) is 22.6. The molecule has 5 heteroatoms. The van der Waals surface area contributed by atoms with Gasteiger partial charge in [0.15, 0.2) is 6.29 Å². The molecule has 5 atom stereocenters. The molecule has 1 aliphatic rings. The summed E-state index contributed by atoms with van der Waals surface area (Å²) in [6, 6.07) is 29.8. The van der Waals surface area contributed by atoms with Crippen LogP contribution in [-0.4, -0.2) is 35.8 Å². The lowest BCUT2D eigenvalue weighted by Crippen LogP contribution is -2.59. The molecule has 5 nitrogen and oxygen atoms in total. The molecule has 0 saturated carbocycles. The molecule has 0 aliphatic carbocycles. The molecule has 32 heavy (non-hydrogen) atoms. The van der Waals surface area contributed by atoms with Crippen LogP contribution < -0.4 is 0 Å². The normalized spacial score (nSPS) is 25.5. The first-order chi connectivity index (χ1) is 15.7. The van der Waals surface area contributed by atoms with Gasteiger partial charge in [-0.15, -0.1) is 0 Å². The smallest absolute Gasteiger partial charge is 0.184 e. The lowest BCUT2D eigenvalue weighted by molar-refractivity contribution is -0.308. The van der Waals surface area contributed by atoms with Gasteiger partial charge in [0.2, 0.25) is 0 Å². The van der Waals surface area contributed by atoms with Gasteiger partial charge in [-0.05, 0) is 23.6 Å². The van der Waals surface area contributed by atoms with Crippen molar-refractivity contribution in [3.63, 3.8) is 0 Å². The number of aliphatic hydroxyl groups is 1. The van der Waals surface area contributed by atoms with Crippen molar-refractivity contribution < 1.29 is 24.1 Å². The summed E-state index contributed by atoms with van der Waals surface area (Å²) in [7, 11) is 0. The van der Waals surface area contributed by atoms with E-state index in [1.165, 1.54) is 0 Å². The highest BCUT2D eigenvalue weighted by atomic mass is 16.7. The average molecular weight is 435 g/mol. The van der Waals surface area contributed by atoms with Gasteiger partial charge in [0, 0.05) is 0 Å². The molecule has 1 heterocycles. The maximum absolute atomic E-state index is 10.7. The fourth-order valence-electron chi connectivity index (χ4n) is 3.89. The van der Waals surface area contributed by atoms with Gasteiger partial charge in [-0.3, -0.25) is 0 Å². The Morgan fingerprint density at radius 1 is 0.594 bits per heavy atom. The second-order valence-corrected chi connectivity index (χ2v) is 8.02. The molecule has 1 N–H and O–H groups in total. The highest BCUT2D eigenvalue weighted by Gasteiger charge is 2.46. The van der Waals surface area contributed by atoms with Gasteiger partial charge >= 0.3 is 0 Å². The van der Waals surface area contributed by atoms with Crippen molar-refractivity contribution in [3.05, 3.63) is 108 Å². The largest absolute Gasteiger partial charge is 0.368 e. The summed E-state index contributed by atoms with van der Waals surface area (Å²) in [6.07, 6.45) is -3.04. The molecular formula is C27H30O5. The van der Waals surface area contributed by atoms with E-state index in [2.05, 4.69) is 0 Å². The van der Waals surface area contributed by atoms with Crippen molar-refractivity contribution in [2.75, 3.05) is 0 Å². The molecule has 1 fully saturated rings. The Balaban J connectivity index is 1.50. The van der Waals surface area contributed by atoms with E-state index >= 15 is 0 Å². The summed E-state index contributed by atoms with van der Waals surface area (Å²) in [5.74, 6) is 0. The van der Waals surface area contributed by atoms with Gasteiger partial charge in [0.05, 0.1) is 25.9 Å². The van der Waals surface area contributed by atoms with Crippen LogP contribution in [-0.2, 0) is 38.8 Å². The zero-order valence-electron chi connectivity index (χ0n) is 18.2. The van der Waals surface area contributed by atoms with Crippen LogP contribution >= 0.6 is 0 Å². The second-order valence-electron chi connectivity index (χ2n) is 8.02. The van der Waals surface area contributed by atoms with Crippen molar-refractivity contribution in [3.8, 4) is 0 Å². The predicted octanol–water partition coefficient (Wildman–Crippen LogP) is 4.48. The van der Waals surface area contributed by atoms with Crippen LogP contribution in [0.1, 0.15) is 23.6 Å². The van der Waals surface area contributed by atoms with E-state index in [-0.39, 0.29) is 6.10 Å². The Bertz CT molecular complexity index is 863. The summed E-state index contributed by atoms with van der Waals surface area (Å²) in [5, 5.41) is 10.7. The Kier molecular flexibility index (Phi) is 8.04. The minimum atomic E-state index is -1.11. The fraction of sp³-hybridized carbons (Fsp3) is 0.333. The average Bonchev–Trinajstić information content (AvgIpc) is 2.83. The van der Waals surface area contributed by atoms with Crippen LogP contribution in [0.3, 0.4) is 0 Å².